The molecule has 0 fully saturated rings. The monoisotopic (exact) mass is 707 g/mol. The molecule has 0 bridgehead atoms. The Morgan fingerprint density at radius 1 is 0.821 bits per heavy atom. The van der Waals surface area contributed by atoms with Crippen LogP contribution in [-0.2, 0) is 24.9 Å². The number of ketones is 1. The molecule has 0 atom stereocenters. The van der Waals surface area contributed by atoms with Gasteiger partial charge in [-0.15, -0.1) is 34.9 Å². The summed E-state index contributed by atoms with van der Waals surface area (Å²) in [7, 11) is 0. The zero-order chi connectivity index (χ0) is 29.2. The second kappa shape index (κ2) is 13.4. The number of carbonyl (C=O) groups excluding carboxylic acids is 1. The predicted molar refractivity (Wildman–Crippen MR) is 163 cm³/mol. The van der Waals surface area contributed by atoms with E-state index in [0.717, 1.165) is 22.3 Å². The molecule has 0 aliphatic heterocycles. The molecule has 0 saturated heterocycles. The number of hydrogen-bond donors (Lipinski definition) is 1. The maximum Gasteiger partial charge on any atom is 0.164 e. The molecule has 3 nitrogen and oxygen atoms in total. The third-order valence-corrected chi connectivity index (χ3v) is 8.32. The van der Waals surface area contributed by atoms with Gasteiger partial charge >= 0.3 is 0 Å². The van der Waals surface area contributed by atoms with Crippen molar-refractivity contribution in [3.8, 4) is 11.3 Å². The smallest absolute Gasteiger partial charge is 0.164 e. The number of nitrogens with zero attached hydrogens (tertiary/aromatic N) is 1. The first kappa shape index (κ1) is 34.7. The van der Waals surface area contributed by atoms with E-state index < -0.39 is 5.41 Å². The Balaban J connectivity index is 0.000000391. The zero-order valence-corrected chi connectivity index (χ0v) is 28.6. The van der Waals surface area contributed by atoms with Crippen LogP contribution in [0.2, 0.25) is 0 Å². The third-order valence-electron chi connectivity index (χ3n) is 8.32. The molecule has 3 aromatic rings. The van der Waals surface area contributed by atoms with Gasteiger partial charge in [-0.1, -0.05) is 81.4 Å². The molecule has 1 heterocycles. The molecular formula is C35H48IrNO2-. The van der Waals surface area contributed by atoms with Crippen molar-refractivity contribution < 1.29 is 30.0 Å². The van der Waals surface area contributed by atoms with E-state index in [-0.39, 0.29) is 48.9 Å². The molecule has 2 aromatic carbocycles. The van der Waals surface area contributed by atoms with Gasteiger partial charge in [-0.3, -0.25) is 9.78 Å². The Kier molecular flexibility index (Phi) is 11.9. The Morgan fingerprint density at radius 2 is 1.33 bits per heavy atom. The molecule has 215 valence electrons. The van der Waals surface area contributed by atoms with Gasteiger partial charge in [0, 0.05) is 42.4 Å². The number of aryl methyl sites for hydroxylation is 5. The molecule has 0 unspecified atom stereocenters. The van der Waals surface area contributed by atoms with E-state index in [1.165, 1.54) is 33.7 Å². The molecule has 1 radical (unpaired) electrons. The predicted octanol–water partition coefficient (Wildman–Crippen LogP) is 9.60. The van der Waals surface area contributed by atoms with Crippen molar-refractivity contribution in [2.75, 3.05) is 0 Å². The van der Waals surface area contributed by atoms with Gasteiger partial charge in [-0.25, -0.2) is 0 Å². The minimum atomic E-state index is -0.430. The van der Waals surface area contributed by atoms with Crippen LogP contribution in [-0.4, -0.2) is 15.9 Å². The standard InChI is InChI=1S/C20H20N.C15H28O2.Ir/c1-12-6-13(2)9-17(8-12)18-11-16(5)20-15(4)7-14(3)10-19(20)21-18;1-10(2)14(5,6)12(16)9-13(17)15(7,8)11(3)4;/h6-8,10-11H,1-5H3;9-11,16H,1-8H3;/q-1;;/b;12-9-;. The van der Waals surface area contributed by atoms with Crippen LogP contribution in [0, 0.1) is 63.4 Å². The van der Waals surface area contributed by atoms with E-state index in [1.54, 1.807) is 0 Å². The van der Waals surface area contributed by atoms with Gasteiger partial charge < -0.3 is 5.11 Å². The van der Waals surface area contributed by atoms with Crippen molar-refractivity contribution in [3.63, 3.8) is 0 Å². The van der Waals surface area contributed by atoms with E-state index in [1.807, 2.05) is 55.4 Å². The number of benzene rings is 2. The molecule has 0 saturated carbocycles. The second-order valence-corrected chi connectivity index (χ2v) is 12.7. The summed E-state index contributed by atoms with van der Waals surface area (Å²) in [5.41, 5.74) is 8.62. The average Bonchev–Trinajstić information content (AvgIpc) is 2.77. The van der Waals surface area contributed by atoms with Crippen molar-refractivity contribution in [2.24, 2.45) is 22.7 Å². The first-order valence-electron chi connectivity index (χ1n) is 13.7. The third kappa shape index (κ3) is 8.35. The topological polar surface area (TPSA) is 50.2 Å². The number of rotatable bonds is 6. The fourth-order valence-electron chi connectivity index (χ4n) is 4.23. The second-order valence-electron chi connectivity index (χ2n) is 12.7. The summed E-state index contributed by atoms with van der Waals surface area (Å²) in [6.45, 7) is 26.5. The average molecular weight is 707 g/mol. The molecule has 39 heavy (non-hydrogen) atoms. The molecule has 0 aliphatic carbocycles. The van der Waals surface area contributed by atoms with Gasteiger partial charge in [-0.2, -0.15) is 0 Å². The summed E-state index contributed by atoms with van der Waals surface area (Å²) in [6, 6.07) is 14.3. The van der Waals surface area contributed by atoms with Crippen LogP contribution in [0.1, 0.15) is 83.2 Å². The Hall–Kier alpha value is -2.29. The van der Waals surface area contributed by atoms with Crippen LogP contribution in [0.3, 0.4) is 0 Å². The van der Waals surface area contributed by atoms with Crippen LogP contribution < -0.4 is 0 Å². The zero-order valence-electron chi connectivity index (χ0n) is 26.3. The van der Waals surface area contributed by atoms with Gasteiger partial charge in [0.2, 0.25) is 0 Å². The number of carbonyl (C=O) groups is 1. The normalized spacial score (nSPS) is 12.3. The van der Waals surface area contributed by atoms with E-state index in [9.17, 15) is 9.90 Å². The quantitative estimate of drug-likeness (QED) is 0.158. The Labute approximate surface area is 250 Å². The van der Waals surface area contributed by atoms with Gasteiger partial charge in [0.05, 0.1) is 5.52 Å². The van der Waals surface area contributed by atoms with Crippen molar-refractivity contribution in [1.29, 1.82) is 0 Å². The summed E-state index contributed by atoms with van der Waals surface area (Å²) in [5.74, 6) is 0.722. The number of fused-ring (bicyclic) bond motifs is 1. The molecule has 4 heteroatoms. The molecule has 0 amide bonds. The SMILES string of the molecule is CC(C)C(C)(C)C(=O)/C=C(\O)C(C)(C)C(C)C.Cc1[c-]c(-c2cc(C)c3c(C)cc(C)cc3n2)cc(C)c1.[Ir]. The van der Waals surface area contributed by atoms with Crippen molar-refractivity contribution in [1.82, 2.24) is 4.98 Å². The van der Waals surface area contributed by atoms with Gasteiger partial charge in [0.25, 0.3) is 0 Å². The van der Waals surface area contributed by atoms with Crippen molar-refractivity contribution in [2.45, 2.75) is 90.0 Å². The van der Waals surface area contributed by atoms with Crippen LogP contribution in [0.25, 0.3) is 22.2 Å². The van der Waals surface area contributed by atoms with Gasteiger partial charge in [-0.05, 0) is 61.1 Å². The maximum absolute atomic E-state index is 12.1. The molecule has 0 aliphatic rings. The molecule has 1 N–H and O–H groups in total. The fourth-order valence-corrected chi connectivity index (χ4v) is 4.23. The first-order chi connectivity index (χ1) is 17.4. The number of hydrogen-bond acceptors (Lipinski definition) is 3. The number of aromatic nitrogens is 1. The number of aliphatic hydroxyl groups is 1. The first-order valence-corrected chi connectivity index (χ1v) is 13.7. The van der Waals surface area contributed by atoms with Crippen LogP contribution in [0.4, 0.5) is 0 Å². The van der Waals surface area contributed by atoms with E-state index >= 15 is 0 Å². The Bertz CT molecular complexity index is 1330. The van der Waals surface area contributed by atoms with Crippen LogP contribution in [0.5, 0.6) is 0 Å². The summed E-state index contributed by atoms with van der Waals surface area (Å²) < 4.78 is 0. The molecule has 3 rings (SSSR count). The van der Waals surface area contributed by atoms with Crippen LogP contribution >= 0.6 is 0 Å². The molecule has 0 spiro atoms. The molecule has 1 aromatic heterocycles. The summed E-state index contributed by atoms with van der Waals surface area (Å²) in [4.78, 5) is 17.0. The van der Waals surface area contributed by atoms with Crippen molar-refractivity contribution >= 4 is 16.7 Å². The van der Waals surface area contributed by atoms with E-state index in [4.69, 9.17) is 4.98 Å². The molecular weight excluding hydrogens is 659 g/mol. The number of pyridine rings is 1. The maximum atomic E-state index is 12.1. The summed E-state index contributed by atoms with van der Waals surface area (Å²) in [5, 5.41) is 11.4. The van der Waals surface area contributed by atoms with Crippen molar-refractivity contribution in [3.05, 3.63) is 76.1 Å². The van der Waals surface area contributed by atoms with Gasteiger partial charge in [0.1, 0.15) is 5.76 Å². The minimum absolute atomic E-state index is 0. The fraction of sp³-hybridized carbons (Fsp3) is 0.486. The number of allylic oxidation sites excluding steroid dienone is 2. The number of aliphatic hydroxyl groups excluding tert-OH is 1. The van der Waals surface area contributed by atoms with E-state index in [2.05, 4.69) is 71.0 Å². The summed E-state index contributed by atoms with van der Waals surface area (Å²) >= 11 is 0. The van der Waals surface area contributed by atoms with Crippen LogP contribution in [0.15, 0.2) is 42.2 Å². The van der Waals surface area contributed by atoms with E-state index in [0.29, 0.717) is 0 Å². The largest absolute Gasteiger partial charge is 0.512 e. The summed E-state index contributed by atoms with van der Waals surface area (Å²) in [6.07, 6.45) is 1.42. The Morgan fingerprint density at radius 3 is 1.85 bits per heavy atom. The minimum Gasteiger partial charge on any atom is -0.512 e. The van der Waals surface area contributed by atoms with Gasteiger partial charge in [0.15, 0.2) is 5.78 Å².